The van der Waals surface area contributed by atoms with Gasteiger partial charge < -0.3 is 19.7 Å². The smallest absolute Gasteiger partial charge is 0.253 e. The van der Waals surface area contributed by atoms with E-state index in [0.29, 0.717) is 36.7 Å². The molecule has 1 heterocycles. The number of hydrogen-bond donors (Lipinski definition) is 1. The number of rotatable bonds is 8. The van der Waals surface area contributed by atoms with Gasteiger partial charge in [0.2, 0.25) is 5.91 Å². The standard InChI is InChI=1S/C24H30N2O4/c1-4-5-13-25-23(27)21-16-26(24(28)17-9-7-6-8-10-17)15-20(21)19-14-18(29-2)11-12-22(19)30-3/h6-12,14,20-21H,4-5,13,15-16H2,1-3H3,(H,25,27). The number of ether oxygens (including phenoxy) is 2. The van der Waals surface area contributed by atoms with Gasteiger partial charge in [-0.3, -0.25) is 9.59 Å². The van der Waals surface area contributed by atoms with Crippen molar-refractivity contribution < 1.29 is 19.1 Å². The normalized spacial score (nSPS) is 18.2. The van der Waals surface area contributed by atoms with Gasteiger partial charge in [-0.15, -0.1) is 0 Å². The molecule has 6 heteroatoms. The first kappa shape index (κ1) is 21.7. The molecule has 6 nitrogen and oxygen atoms in total. The Kier molecular flexibility index (Phi) is 7.33. The molecule has 2 amide bonds. The summed E-state index contributed by atoms with van der Waals surface area (Å²) >= 11 is 0. The monoisotopic (exact) mass is 410 g/mol. The van der Waals surface area contributed by atoms with Gasteiger partial charge in [0.25, 0.3) is 5.91 Å². The molecule has 2 atom stereocenters. The van der Waals surface area contributed by atoms with E-state index in [2.05, 4.69) is 12.2 Å². The van der Waals surface area contributed by atoms with Crippen molar-refractivity contribution in [1.29, 1.82) is 0 Å². The van der Waals surface area contributed by atoms with E-state index < -0.39 is 0 Å². The van der Waals surface area contributed by atoms with Crippen LogP contribution < -0.4 is 14.8 Å². The van der Waals surface area contributed by atoms with Crippen LogP contribution in [0.3, 0.4) is 0 Å². The maximum Gasteiger partial charge on any atom is 0.253 e. The van der Waals surface area contributed by atoms with Crippen molar-refractivity contribution in [2.75, 3.05) is 33.9 Å². The summed E-state index contributed by atoms with van der Waals surface area (Å²) < 4.78 is 11.0. The van der Waals surface area contributed by atoms with Crippen molar-refractivity contribution in [3.8, 4) is 11.5 Å². The fourth-order valence-electron chi connectivity index (χ4n) is 3.96. The summed E-state index contributed by atoms with van der Waals surface area (Å²) in [5.74, 6) is 0.776. The van der Waals surface area contributed by atoms with Gasteiger partial charge in [0.15, 0.2) is 0 Å². The van der Waals surface area contributed by atoms with Crippen molar-refractivity contribution in [1.82, 2.24) is 10.2 Å². The van der Waals surface area contributed by atoms with E-state index in [1.165, 1.54) is 0 Å². The maximum absolute atomic E-state index is 13.1. The third-order valence-electron chi connectivity index (χ3n) is 5.63. The maximum atomic E-state index is 13.1. The van der Waals surface area contributed by atoms with Crippen LogP contribution in [0, 0.1) is 5.92 Å². The number of hydrogen-bond acceptors (Lipinski definition) is 4. The SMILES string of the molecule is CCCCNC(=O)C1CN(C(=O)c2ccccc2)CC1c1cc(OC)ccc1OC. The van der Waals surface area contributed by atoms with Crippen LogP contribution in [0.15, 0.2) is 48.5 Å². The lowest BCUT2D eigenvalue weighted by Crippen LogP contribution is -2.36. The summed E-state index contributed by atoms with van der Waals surface area (Å²) in [6.07, 6.45) is 1.94. The lowest BCUT2D eigenvalue weighted by Gasteiger charge is -2.21. The molecule has 2 unspecified atom stereocenters. The molecule has 0 bridgehead atoms. The second-order valence-electron chi connectivity index (χ2n) is 7.54. The predicted octanol–water partition coefficient (Wildman–Crippen LogP) is 3.48. The molecule has 1 aliphatic heterocycles. The summed E-state index contributed by atoms with van der Waals surface area (Å²) in [6.45, 7) is 3.55. The second-order valence-corrected chi connectivity index (χ2v) is 7.54. The van der Waals surface area contributed by atoms with Crippen molar-refractivity contribution in [2.45, 2.75) is 25.7 Å². The van der Waals surface area contributed by atoms with Crippen molar-refractivity contribution in [3.63, 3.8) is 0 Å². The second kappa shape index (κ2) is 10.1. The van der Waals surface area contributed by atoms with Gasteiger partial charge in [-0.2, -0.15) is 0 Å². The minimum absolute atomic E-state index is 0.0262. The summed E-state index contributed by atoms with van der Waals surface area (Å²) in [5.41, 5.74) is 1.51. The Labute approximate surface area is 178 Å². The van der Waals surface area contributed by atoms with Crippen LogP contribution >= 0.6 is 0 Å². The lowest BCUT2D eigenvalue weighted by molar-refractivity contribution is -0.124. The van der Waals surface area contributed by atoms with Crippen LogP contribution in [-0.2, 0) is 4.79 Å². The molecule has 30 heavy (non-hydrogen) atoms. The topological polar surface area (TPSA) is 67.9 Å². The summed E-state index contributed by atoms with van der Waals surface area (Å²) in [4.78, 5) is 27.9. The van der Waals surface area contributed by atoms with E-state index in [1.54, 1.807) is 31.3 Å². The zero-order valence-electron chi connectivity index (χ0n) is 17.9. The number of carbonyl (C=O) groups is 2. The molecule has 0 saturated carbocycles. The van der Waals surface area contributed by atoms with Crippen molar-refractivity contribution >= 4 is 11.8 Å². The Hall–Kier alpha value is -3.02. The fourth-order valence-corrected chi connectivity index (χ4v) is 3.96. The third-order valence-corrected chi connectivity index (χ3v) is 5.63. The zero-order chi connectivity index (χ0) is 21.5. The molecule has 3 rings (SSSR count). The molecule has 0 spiro atoms. The number of unbranched alkanes of at least 4 members (excludes halogenated alkanes) is 1. The van der Waals surface area contributed by atoms with Crippen LogP contribution in [0.2, 0.25) is 0 Å². The predicted molar refractivity (Wildman–Crippen MR) is 116 cm³/mol. The number of nitrogens with zero attached hydrogens (tertiary/aromatic N) is 1. The average Bonchev–Trinajstić information content (AvgIpc) is 3.24. The number of amides is 2. The molecule has 160 valence electrons. The number of likely N-dealkylation sites (tertiary alicyclic amines) is 1. The van der Waals surface area contributed by atoms with Gasteiger partial charge in [0.05, 0.1) is 20.1 Å². The van der Waals surface area contributed by atoms with E-state index in [-0.39, 0.29) is 23.7 Å². The molecule has 1 aliphatic rings. The lowest BCUT2D eigenvalue weighted by atomic mass is 9.87. The molecule has 1 saturated heterocycles. The van der Waals surface area contributed by atoms with E-state index in [0.717, 1.165) is 18.4 Å². The van der Waals surface area contributed by atoms with Crippen LogP contribution in [0.5, 0.6) is 11.5 Å². The van der Waals surface area contributed by atoms with Gasteiger partial charge in [-0.05, 0) is 36.8 Å². The first-order valence-electron chi connectivity index (χ1n) is 10.4. The van der Waals surface area contributed by atoms with Gasteiger partial charge >= 0.3 is 0 Å². The van der Waals surface area contributed by atoms with Gasteiger partial charge in [-0.25, -0.2) is 0 Å². The zero-order valence-corrected chi connectivity index (χ0v) is 17.9. The van der Waals surface area contributed by atoms with E-state index in [1.807, 2.05) is 36.4 Å². The van der Waals surface area contributed by atoms with Gasteiger partial charge in [0, 0.05) is 36.7 Å². The highest BCUT2D eigenvalue weighted by Crippen LogP contribution is 2.40. The van der Waals surface area contributed by atoms with Crippen molar-refractivity contribution in [2.24, 2.45) is 5.92 Å². The van der Waals surface area contributed by atoms with Crippen LogP contribution in [0.4, 0.5) is 0 Å². The Morgan fingerprint density at radius 2 is 1.83 bits per heavy atom. The Balaban J connectivity index is 1.91. The Bertz CT molecular complexity index is 869. The van der Waals surface area contributed by atoms with E-state index >= 15 is 0 Å². The molecule has 1 N–H and O–H groups in total. The molecule has 0 aromatic heterocycles. The number of carbonyl (C=O) groups excluding carboxylic acids is 2. The quantitative estimate of drug-likeness (QED) is 0.677. The molecular weight excluding hydrogens is 380 g/mol. The first-order valence-corrected chi connectivity index (χ1v) is 10.4. The average molecular weight is 411 g/mol. The summed E-state index contributed by atoms with van der Waals surface area (Å²) in [5, 5.41) is 3.04. The molecular formula is C24H30N2O4. The van der Waals surface area contributed by atoms with Gasteiger partial charge in [-0.1, -0.05) is 31.5 Å². The fraction of sp³-hybridized carbons (Fsp3) is 0.417. The highest BCUT2D eigenvalue weighted by Gasteiger charge is 2.41. The summed E-state index contributed by atoms with van der Waals surface area (Å²) in [6, 6.07) is 14.8. The molecule has 0 aliphatic carbocycles. The first-order chi connectivity index (χ1) is 14.6. The largest absolute Gasteiger partial charge is 0.497 e. The van der Waals surface area contributed by atoms with E-state index in [9.17, 15) is 9.59 Å². The highest BCUT2D eigenvalue weighted by atomic mass is 16.5. The van der Waals surface area contributed by atoms with Crippen LogP contribution in [-0.4, -0.2) is 50.6 Å². The van der Waals surface area contributed by atoms with Crippen LogP contribution in [0.1, 0.15) is 41.6 Å². The third kappa shape index (κ3) is 4.75. The molecule has 0 radical (unpaired) electrons. The van der Waals surface area contributed by atoms with E-state index in [4.69, 9.17) is 9.47 Å². The molecule has 2 aromatic rings. The van der Waals surface area contributed by atoms with Crippen molar-refractivity contribution in [3.05, 3.63) is 59.7 Å². The number of methoxy groups -OCH3 is 2. The molecule has 1 fully saturated rings. The number of benzene rings is 2. The Morgan fingerprint density at radius 3 is 2.50 bits per heavy atom. The van der Waals surface area contributed by atoms with Crippen LogP contribution in [0.25, 0.3) is 0 Å². The van der Waals surface area contributed by atoms with Gasteiger partial charge in [0.1, 0.15) is 11.5 Å². The Morgan fingerprint density at radius 1 is 1.07 bits per heavy atom. The minimum Gasteiger partial charge on any atom is -0.497 e. The minimum atomic E-state index is -0.351. The molecule has 2 aromatic carbocycles. The highest BCUT2D eigenvalue weighted by molar-refractivity contribution is 5.95. The summed E-state index contributed by atoms with van der Waals surface area (Å²) in [7, 11) is 3.23. The number of nitrogens with one attached hydrogen (secondary N) is 1.